The Labute approximate surface area is 135 Å². The lowest BCUT2D eigenvalue weighted by molar-refractivity contribution is -0.116. The van der Waals surface area contributed by atoms with Crippen molar-refractivity contribution in [2.75, 3.05) is 11.9 Å². The number of imide groups is 1. The zero-order valence-electron chi connectivity index (χ0n) is 12.4. The number of hydrogen-bond donors (Lipinski definition) is 1. The lowest BCUT2D eigenvalue weighted by atomic mass is 10.1. The van der Waals surface area contributed by atoms with E-state index in [1.165, 1.54) is 6.07 Å². The van der Waals surface area contributed by atoms with Gasteiger partial charge in [0.15, 0.2) is 11.6 Å². The number of anilines is 1. The van der Waals surface area contributed by atoms with E-state index in [9.17, 15) is 23.2 Å². The van der Waals surface area contributed by atoms with Gasteiger partial charge in [-0.1, -0.05) is 12.1 Å². The summed E-state index contributed by atoms with van der Waals surface area (Å²) >= 11 is 0. The molecule has 1 aliphatic heterocycles. The minimum absolute atomic E-state index is 0.0954. The van der Waals surface area contributed by atoms with E-state index in [-0.39, 0.29) is 18.7 Å². The van der Waals surface area contributed by atoms with Crippen molar-refractivity contribution >= 4 is 23.4 Å². The summed E-state index contributed by atoms with van der Waals surface area (Å²) < 4.78 is 25.9. The number of amides is 3. The number of nitrogens with zero attached hydrogens (tertiary/aromatic N) is 1. The molecule has 0 spiro atoms. The Hall–Kier alpha value is -3.09. The third-order valence-corrected chi connectivity index (χ3v) is 3.64. The smallest absolute Gasteiger partial charge is 0.261 e. The average Bonchev–Trinajstić information content (AvgIpc) is 2.81. The fourth-order valence-corrected chi connectivity index (χ4v) is 2.45. The monoisotopic (exact) mass is 330 g/mol. The van der Waals surface area contributed by atoms with Crippen LogP contribution in [0.15, 0.2) is 42.5 Å². The van der Waals surface area contributed by atoms with Crippen LogP contribution < -0.4 is 5.32 Å². The highest BCUT2D eigenvalue weighted by atomic mass is 19.2. The molecule has 0 unspecified atom stereocenters. The van der Waals surface area contributed by atoms with Gasteiger partial charge in [0.2, 0.25) is 5.91 Å². The van der Waals surface area contributed by atoms with Crippen LogP contribution in [0, 0.1) is 11.6 Å². The first-order valence-electron chi connectivity index (χ1n) is 7.17. The molecule has 2 aromatic carbocycles. The highest BCUT2D eigenvalue weighted by molar-refractivity contribution is 6.21. The first-order valence-corrected chi connectivity index (χ1v) is 7.17. The number of benzene rings is 2. The number of halogens is 2. The van der Waals surface area contributed by atoms with Gasteiger partial charge in [0.05, 0.1) is 11.1 Å². The molecule has 1 heterocycles. The molecule has 0 saturated heterocycles. The maximum absolute atomic E-state index is 13.1. The molecule has 3 rings (SSSR count). The number of fused-ring (bicyclic) bond motifs is 1. The summed E-state index contributed by atoms with van der Waals surface area (Å²) in [4.78, 5) is 37.2. The van der Waals surface area contributed by atoms with E-state index in [0.717, 1.165) is 17.0 Å². The van der Waals surface area contributed by atoms with Crippen LogP contribution in [-0.4, -0.2) is 29.2 Å². The largest absolute Gasteiger partial charge is 0.326 e. The Morgan fingerprint density at radius 3 is 2.17 bits per heavy atom. The lowest BCUT2D eigenvalue weighted by Crippen LogP contribution is -2.32. The van der Waals surface area contributed by atoms with Crippen LogP contribution in [0.4, 0.5) is 14.5 Å². The van der Waals surface area contributed by atoms with Gasteiger partial charge in [-0.2, -0.15) is 0 Å². The van der Waals surface area contributed by atoms with Crippen LogP contribution in [0.1, 0.15) is 27.1 Å². The Morgan fingerprint density at radius 1 is 0.958 bits per heavy atom. The topological polar surface area (TPSA) is 66.5 Å². The molecule has 24 heavy (non-hydrogen) atoms. The summed E-state index contributed by atoms with van der Waals surface area (Å²) in [6.45, 7) is -0.0954. The Morgan fingerprint density at radius 2 is 1.58 bits per heavy atom. The molecule has 0 bridgehead atoms. The zero-order chi connectivity index (χ0) is 17.3. The van der Waals surface area contributed by atoms with Crippen LogP contribution in [-0.2, 0) is 4.79 Å². The Bertz CT molecular complexity index is 816. The molecular weight excluding hydrogens is 318 g/mol. The first kappa shape index (κ1) is 15.8. The molecule has 3 amide bonds. The number of carbonyl (C=O) groups excluding carboxylic acids is 3. The van der Waals surface area contributed by atoms with Crippen molar-refractivity contribution in [1.29, 1.82) is 0 Å². The average molecular weight is 330 g/mol. The van der Waals surface area contributed by atoms with Gasteiger partial charge >= 0.3 is 0 Å². The van der Waals surface area contributed by atoms with Gasteiger partial charge in [-0.25, -0.2) is 8.78 Å². The molecule has 0 radical (unpaired) electrons. The van der Waals surface area contributed by atoms with E-state index >= 15 is 0 Å². The van der Waals surface area contributed by atoms with Crippen molar-refractivity contribution in [3.05, 3.63) is 65.2 Å². The van der Waals surface area contributed by atoms with E-state index in [1.54, 1.807) is 24.3 Å². The van der Waals surface area contributed by atoms with Gasteiger partial charge in [-0.05, 0) is 24.3 Å². The SMILES string of the molecule is O=C(CCN1C(=O)c2ccccc2C1=O)Nc1ccc(F)c(F)c1. The normalized spacial score (nSPS) is 13.2. The summed E-state index contributed by atoms with van der Waals surface area (Å²) in [5.41, 5.74) is 0.716. The van der Waals surface area contributed by atoms with Crippen molar-refractivity contribution in [3.8, 4) is 0 Å². The predicted molar refractivity (Wildman–Crippen MR) is 81.4 cm³/mol. The molecule has 122 valence electrons. The van der Waals surface area contributed by atoms with Gasteiger partial charge in [0, 0.05) is 24.7 Å². The maximum atomic E-state index is 13.1. The van der Waals surface area contributed by atoms with Gasteiger partial charge < -0.3 is 5.32 Å². The lowest BCUT2D eigenvalue weighted by Gasteiger charge is -2.13. The van der Waals surface area contributed by atoms with Crippen LogP contribution >= 0.6 is 0 Å². The fraction of sp³-hybridized carbons (Fsp3) is 0.118. The van der Waals surface area contributed by atoms with Gasteiger partial charge in [0.1, 0.15) is 0 Å². The molecular formula is C17H12F2N2O3. The van der Waals surface area contributed by atoms with Gasteiger partial charge in [-0.15, -0.1) is 0 Å². The van der Waals surface area contributed by atoms with E-state index in [1.807, 2.05) is 0 Å². The van der Waals surface area contributed by atoms with E-state index in [4.69, 9.17) is 0 Å². The Balaban J connectivity index is 1.62. The molecule has 0 aliphatic carbocycles. The molecule has 7 heteroatoms. The second-order valence-corrected chi connectivity index (χ2v) is 5.23. The standard InChI is InChI=1S/C17H12F2N2O3/c18-13-6-5-10(9-14(13)19)20-15(22)7-8-21-16(23)11-3-1-2-4-12(11)17(21)24/h1-6,9H,7-8H2,(H,20,22). The van der Waals surface area contributed by atoms with Crippen molar-refractivity contribution in [1.82, 2.24) is 4.90 Å². The summed E-state index contributed by atoms with van der Waals surface area (Å²) in [6, 6.07) is 9.39. The molecule has 0 saturated carbocycles. The van der Waals surface area contributed by atoms with Crippen molar-refractivity contribution < 1.29 is 23.2 Å². The molecule has 1 aliphatic rings. The van der Waals surface area contributed by atoms with E-state index in [2.05, 4.69) is 5.32 Å². The minimum Gasteiger partial charge on any atom is -0.326 e. The number of hydrogen-bond acceptors (Lipinski definition) is 3. The van der Waals surface area contributed by atoms with E-state index < -0.39 is 29.4 Å². The summed E-state index contributed by atoms with van der Waals surface area (Å²) in [5, 5.41) is 2.39. The second-order valence-electron chi connectivity index (χ2n) is 5.23. The van der Waals surface area contributed by atoms with Crippen molar-refractivity contribution in [3.63, 3.8) is 0 Å². The summed E-state index contributed by atoms with van der Waals surface area (Å²) in [5.74, 6) is -3.50. The maximum Gasteiger partial charge on any atom is 0.261 e. The van der Waals surface area contributed by atoms with Gasteiger partial charge in [0.25, 0.3) is 11.8 Å². The molecule has 0 fully saturated rings. The number of rotatable bonds is 4. The highest BCUT2D eigenvalue weighted by Gasteiger charge is 2.34. The van der Waals surface area contributed by atoms with E-state index in [0.29, 0.717) is 11.1 Å². The van der Waals surface area contributed by atoms with Crippen LogP contribution in [0.3, 0.4) is 0 Å². The molecule has 2 aromatic rings. The molecule has 0 aromatic heterocycles. The third kappa shape index (κ3) is 2.88. The molecule has 5 nitrogen and oxygen atoms in total. The molecule has 0 atom stereocenters. The third-order valence-electron chi connectivity index (χ3n) is 3.64. The molecule has 1 N–H and O–H groups in total. The highest BCUT2D eigenvalue weighted by Crippen LogP contribution is 2.22. The number of carbonyl (C=O) groups is 3. The zero-order valence-corrected chi connectivity index (χ0v) is 12.4. The second kappa shape index (κ2) is 6.19. The van der Waals surface area contributed by atoms with Crippen LogP contribution in [0.25, 0.3) is 0 Å². The first-order chi connectivity index (χ1) is 11.5. The predicted octanol–water partition coefficient (Wildman–Crippen LogP) is 2.59. The Kier molecular flexibility index (Phi) is 4.07. The van der Waals surface area contributed by atoms with Crippen LogP contribution in [0.2, 0.25) is 0 Å². The summed E-state index contributed by atoms with van der Waals surface area (Å²) in [7, 11) is 0. The van der Waals surface area contributed by atoms with Crippen LogP contribution in [0.5, 0.6) is 0 Å². The summed E-state index contributed by atoms with van der Waals surface area (Å²) in [6.07, 6.45) is -0.148. The number of nitrogens with one attached hydrogen (secondary N) is 1. The minimum atomic E-state index is -1.08. The van der Waals surface area contributed by atoms with Gasteiger partial charge in [-0.3, -0.25) is 19.3 Å². The van der Waals surface area contributed by atoms with Crippen molar-refractivity contribution in [2.24, 2.45) is 0 Å². The fourth-order valence-electron chi connectivity index (χ4n) is 2.45. The van der Waals surface area contributed by atoms with Crippen molar-refractivity contribution in [2.45, 2.75) is 6.42 Å². The quantitative estimate of drug-likeness (QED) is 0.876.